The summed E-state index contributed by atoms with van der Waals surface area (Å²) in [5.74, 6) is -0.407. The van der Waals surface area contributed by atoms with Gasteiger partial charge in [-0.3, -0.25) is 9.69 Å². The highest BCUT2D eigenvalue weighted by molar-refractivity contribution is 7.98. The second kappa shape index (κ2) is 8.63. The molecule has 1 aliphatic heterocycles. The maximum atomic E-state index is 12.4. The lowest BCUT2D eigenvalue weighted by atomic mass is 9.95. The predicted molar refractivity (Wildman–Crippen MR) is 86.6 cm³/mol. The number of carbonyl (C=O) groups excluding carboxylic acids is 1. The number of nitrogens with zero attached hydrogens (tertiary/aromatic N) is 1. The van der Waals surface area contributed by atoms with Crippen LogP contribution in [0, 0.1) is 0 Å². The standard InChI is InChI=1S/C15H28N2O3S/c1-10-6-5-7-11(2)17(10)12(3)14(18)16-13(15(19)20)8-9-21-4/h10-13H,5-9H2,1-4H3,(H,16,18)(H,19,20). The average Bonchev–Trinajstić information content (AvgIpc) is 2.42. The number of aliphatic carboxylic acids is 1. The van der Waals surface area contributed by atoms with Crippen LogP contribution in [0.4, 0.5) is 0 Å². The van der Waals surface area contributed by atoms with Crippen molar-refractivity contribution in [2.24, 2.45) is 0 Å². The van der Waals surface area contributed by atoms with Crippen molar-refractivity contribution in [3.05, 3.63) is 0 Å². The summed E-state index contributed by atoms with van der Waals surface area (Å²) in [6.07, 6.45) is 5.77. The van der Waals surface area contributed by atoms with E-state index in [0.29, 0.717) is 18.5 Å². The first-order valence-corrected chi connectivity index (χ1v) is 9.07. The Bertz CT molecular complexity index is 355. The molecule has 0 aromatic heterocycles. The molecule has 21 heavy (non-hydrogen) atoms. The molecule has 1 heterocycles. The lowest BCUT2D eigenvalue weighted by Crippen LogP contribution is -2.56. The Morgan fingerprint density at radius 3 is 2.38 bits per heavy atom. The van der Waals surface area contributed by atoms with Gasteiger partial charge in [0.2, 0.25) is 5.91 Å². The highest BCUT2D eigenvalue weighted by atomic mass is 32.2. The molecule has 122 valence electrons. The molecule has 0 aliphatic carbocycles. The molecule has 4 atom stereocenters. The number of carbonyl (C=O) groups is 2. The van der Waals surface area contributed by atoms with Gasteiger partial charge in [-0.25, -0.2) is 4.79 Å². The number of carboxylic acids is 1. The molecule has 1 fully saturated rings. The zero-order valence-corrected chi connectivity index (χ0v) is 14.3. The van der Waals surface area contributed by atoms with E-state index < -0.39 is 12.0 Å². The van der Waals surface area contributed by atoms with Crippen molar-refractivity contribution in [3.63, 3.8) is 0 Å². The monoisotopic (exact) mass is 316 g/mol. The van der Waals surface area contributed by atoms with E-state index in [0.717, 1.165) is 18.6 Å². The van der Waals surface area contributed by atoms with Gasteiger partial charge < -0.3 is 10.4 Å². The smallest absolute Gasteiger partial charge is 0.326 e. The maximum Gasteiger partial charge on any atom is 0.326 e. The molecule has 1 rings (SSSR count). The molecule has 1 saturated heterocycles. The topological polar surface area (TPSA) is 69.6 Å². The van der Waals surface area contributed by atoms with Crippen LogP contribution in [-0.4, -0.2) is 58.1 Å². The molecule has 0 saturated carbocycles. The van der Waals surface area contributed by atoms with E-state index in [1.165, 1.54) is 6.42 Å². The summed E-state index contributed by atoms with van der Waals surface area (Å²) in [7, 11) is 0. The van der Waals surface area contributed by atoms with Crippen LogP contribution >= 0.6 is 11.8 Å². The molecular weight excluding hydrogens is 288 g/mol. The van der Waals surface area contributed by atoms with Crippen molar-refractivity contribution in [1.29, 1.82) is 0 Å². The van der Waals surface area contributed by atoms with Gasteiger partial charge in [0.1, 0.15) is 6.04 Å². The molecule has 1 amide bonds. The predicted octanol–water partition coefficient (Wildman–Crippen LogP) is 1.96. The molecule has 2 N–H and O–H groups in total. The molecule has 0 bridgehead atoms. The van der Waals surface area contributed by atoms with Gasteiger partial charge in [0, 0.05) is 12.1 Å². The minimum absolute atomic E-state index is 0.177. The number of rotatable bonds is 7. The summed E-state index contributed by atoms with van der Waals surface area (Å²) in [4.78, 5) is 25.8. The fourth-order valence-corrected chi connectivity index (χ4v) is 3.60. The Kier molecular flexibility index (Phi) is 7.52. The fourth-order valence-electron chi connectivity index (χ4n) is 3.13. The summed E-state index contributed by atoms with van der Waals surface area (Å²) < 4.78 is 0. The van der Waals surface area contributed by atoms with Crippen LogP contribution in [0.3, 0.4) is 0 Å². The van der Waals surface area contributed by atoms with Crippen molar-refractivity contribution >= 4 is 23.6 Å². The van der Waals surface area contributed by atoms with Crippen LogP contribution in [0.2, 0.25) is 0 Å². The average molecular weight is 316 g/mol. The van der Waals surface area contributed by atoms with Gasteiger partial charge in [-0.05, 0) is 52.0 Å². The number of amides is 1. The van der Waals surface area contributed by atoms with E-state index in [1.807, 2.05) is 13.2 Å². The molecule has 1 aliphatic rings. The van der Waals surface area contributed by atoms with Gasteiger partial charge in [-0.2, -0.15) is 11.8 Å². The van der Waals surface area contributed by atoms with E-state index in [4.69, 9.17) is 0 Å². The van der Waals surface area contributed by atoms with E-state index in [-0.39, 0.29) is 11.9 Å². The number of thioether (sulfide) groups is 1. The maximum absolute atomic E-state index is 12.4. The first-order valence-electron chi connectivity index (χ1n) is 7.68. The number of hydrogen-bond donors (Lipinski definition) is 2. The molecule has 0 aromatic rings. The van der Waals surface area contributed by atoms with Gasteiger partial charge in [0.15, 0.2) is 0 Å². The normalized spacial score (nSPS) is 26.1. The number of carboxylic acid groups (broad SMARTS) is 1. The third-order valence-electron chi connectivity index (χ3n) is 4.31. The number of hydrogen-bond acceptors (Lipinski definition) is 4. The van der Waals surface area contributed by atoms with Crippen molar-refractivity contribution in [3.8, 4) is 0 Å². The van der Waals surface area contributed by atoms with E-state index in [1.54, 1.807) is 11.8 Å². The van der Waals surface area contributed by atoms with E-state index in [9.17, 15) is 14.7 Å². The first-order chi connectivity index (χ1) is 9.88. The van der Waals surface area contributed by atoms with Crippen LogP contribution in [0.15, 0.2) is 0 Å². The Labute approximate surface area is 131 Å². The van der Waals surface area contributed by atoms with Gasteiger partial charge in [-0.15, -0.1) is 0 Å². The highest BCUT2D eigenvalue weighted by Gasteiger charge is 2.33. The SMILES string of the molecule is CSCCC(NC(=O)C(C)N1C(C)CCCC1C)C(=O)O. The van der Waals surface area contributed by atoms with Gasteiger partial charge >= 0.3 is 5.97 Å². The van der Waals surface area contributed by atoms with Gasteiger partial charge in [0.05, 0.1) is 6.04 Å². The minimum Gasteiger partial charge on any atom is -0.480 e. The van der Waals surface area contributed by atoms with Crippen molar-refractivity contribution in [2.75, 3.05) is 12.0 Å². The Morgan fingerprint density at radius 2 is 1.90 bits per heavy atom. The van der Waals surface area contributed by atoms with E-state index in [2.05, 4.69) is 24.1 Å². The van der Waals surface area contributed by atoms with Crippen LogP contribution in [-0.2, 0) is 9.59 Å². The summed E-state index contributed by atoms with van der Waals surface area (Å²) in [5, 5.41) is 11.9. The minimum atomic E-state index is -0.954. The molecule has 5 nitrogen and oxygen atoms in total. The summed E-state index contributed by atoms with van der Waals surface area (Å²) in [6, 6.07) is -0.345. The third-order valence-corrected chi connectivity index (χ3v) is 4.96. The van der Waals surface area contributed by atoms with Gasteiger partial charge in [-0.1, -0.05) is 6.42 Å². The number of piperidine rings is 1. The number of likely N-dealkylation sites (tertiary alicyclic amines) is 1. The highest BCUT2D eigenvalue weighted by Crippen LogP contribution is 2.24. The van der Waals surface area contributed by atoms with E-state index >= 15 is 0 Å². The largest absolute Gasteiger partial charge is 0.480 e. The zero-order valence-electron chi connectivity index (χ0n) is 13.5. The Morgan fingerprint density at radius 1 is 1.33 bits per heavy atom. The van der Waals surface area contributed by atoms with Crippen LogP contribution in [0.5, 0.6) is 0 Å². The quantitative estimate of drug-likeness (QED) is 0.751. The Hall–Kier alpha value is -0.750. The first kappa shape index (κ1) is 18.3. The Balaban J connectivity index is 2.65. The lowest BCUT2D eigenvalue weighted by molar-refractivity contribution is -0.143. The van der Waals surface area contributed by atoms with Crippen LogP contribution < -0.4 is 5.32 Å². The molecule has 0 radical (unpaired) electrons. The van der Waals surface area contributed by atoms with Crippen LogP contribution in [0.25, 0.3) is 0 Å². The van der Waals surface area contributed by atoms with Crippen LogP contribution in [0.1, 0.15) is 46.5 Å². The fraction of sp³-hybridized carbons (Fsp3) is 0.867. The molecular formula is C15H28N2O3S. The third kappa shape index (κ3) is 5.18. The molecule has 4 unspecified atom stereocenters. The lowest BCUT2D eigenvalue weighted by Gasteiger charge is -2.42. The summed E-state index contributed by atoms with van der Waals surface area (Å²) in [6.45, 7) is 6.16. The molecule has 0 spiro atoms. The second-order valence-corrected chi connectivity index (χ2v) is 6.92. The number of nitrogens with one attached hydrogen (secondary N) is 1. The van der Waals surface area contributed by atoms with Crippen molar-refractivity contribution in [1.82, 2.24) is 10.2 Å². The van der Waals surface area contributed by atoms with Gasteiger partial charge in [0.25, 0.3) is 0 Å². The van der Waals surface area contributed by atoms with Crippen molar-refractivity contribution < 1.29 is 14.7 Å². The summed E-state index contributed by atoms with van der Waals surface area (Å²) >= 11 is 1.59. The van der Waals surface area contributed by atoms with Crippen molar-refractivity contribution in [2.45, 2.75) is 70.6 Å². The molecule has 6 heteroatoms. The second-order valence-electron chi connectivity index (χ2n) is 5.93. The zero-order chi connectivity index (χ0) is 16.0. The molecule has 0 aromatic carbocycles. The summed E-state index contributed by atoms with van der Waals surface area (Å²) in [5.41, 5.74) is 0.